The van der Waals surface area contributed by atoms with Crippen molar-refractivity contribution < 1.29 is 0 Å². The van der Waals surface area contributed by atoms with Crippen molar-refractivity contribution in [1.29, 1.82) is 5.26 Å². The molecular weight excluding hydrogens is 204 g/mol. The number of nitriles is 1. The first kappa shape index (κ1) is 10.4. The molecule has 0 aliphatic heterocycles. The zero-order valence-electron chi connectivity index (χ0n) is 8.84. The van der Waals surface area contributed by atoms with Crippen LogP contribution in [0.3, 0.4) is 0 Å². The summed E-state index contributed by atoms with van der Waals surface area (Å²) in [6, 6.07) is 2.21. The molecule has 1 aromatic rings. The lowest BCUT2D eigenvalue weighted by Gasteiger charge is -2.23. The number of fused-ring (bicyclic) bond motifs is 1. The zero-order chi connectivity index (χ0) is 10.8. The minimum atomic E-state index is 0.495. The Morgan fingerprint density at radius 3 is 2.60 bits per heavy atom. The van der Waals surface area contributed by atoms with E-state index in [0.717, 1.165) is 25.0 Å². The molecule has 1 aliphatic rings. The first-order valence-corrected chi connectivity index (χ1v) is 5.80. The Morgan fingerprint density at radius 2 is 2.00 bits per heavy atom. The molecular formula is C12H13N2S-. The van der Waals surface area contributed by atoms with E-state index in [0.29, 0.717) is 10.6 Å². The van der Waals surface area contributed by atoms with Gasteiger partial charge < -0.3 is 12.6 Å². The molecule has 0 saturated carbocycles. The fraction of sp³-hybridized carbons (Fsp3) is 0.500. The lowest BCUT2D eigenvalue weighted by molar-refractivity contribution is 0.664. The molecule has 0 amide bonds. The molecule has 3 heteroatoms. The molecule has 0 spiro atoms. The Labute approximate surface area is 95.7 Å². The number of rotatable bonds is 1. The highest BCUT2D eigenvalue weighted by atomic mass is 32.1. The maximum Gasteiger partial charge on any atom is 0.0994 e. The Bertz CT molecular complexity index is 432. The van der Waals surface area contributed by atoms with Gasteiger partial charge in [-0.2, -0.15) is 5.26 Å². The van der Waals surface area contributed by atoms with Gasteiger partial charge in [-0.3, -0.25) is 4.98 Å². The van der Waals surface area contributed by atoms with E-state index in [2.05, 4.69) is 18.0 Å². The standard InChI is InChI=1S/C12H14N2S/c1-2-11-9-6-4-3-5-8(9)10(7-13)12(15)14-11/h2-6H2,1H3,(H,14,15)/p-1. The number of pyridine rings is 1. The lowest BCUT2D eigenvalue weighted by Crippen LogP contribution is -2.12. The van der Waals surface area contributed by atoms with Crippen LogP contribution in [0.2, 0.25) is 0 Å². The number of hydrogen-bond acceptors (Lipinski definition) is 3. The summed E-state index contributed by atoms with van der Waals surface area (Å²) in [5.41, 5.74) is 4.24. The van der Waals surface area contributed by atoms with Crippen molar-refractivity contribution in [2.45, 2.75) is 44.1 Å². The van der Waals surface area contributed by atoms with Crippen molar-refractivity contribution in [1.82, 2.24) is 4.98 Å². The van der Waals surface area contributed by atoms with E-state index in [1.165, 1.54) is 24.0 Å². The van der Waals surface area contributed by atoms with Crippen LogP contribution in [0.15, 0.2) is 5.03 Å². The fourth-order valence-electron chi connectivity index (χ4n) is 2.28. The molecule has 0 saturated heterocycles. The van der Waals surface area contributed by atoms with Crippen LogP contribution in [-0.4, -0.2) is 4.98 Å². The van der Waals surface area contributed by atoms with Gasteiger partial charge in [0.1, 0.15) is 0 Å². The largest absolute Gasteiger partial charge is 0.759 e. The highest BCUT2D eigenvalue weighted by Crippen LogP contribution is 2.28. The zero-order valence-corrected chi connectivity index (χ0v) is 9.65. The number of nitrogens with zero attached hydrogens (tertiary/aromatic N) is 2. The Morgan fingerprint density at radius 1 is 1.33 bits per heavy atom. The van der Waals surface area contributed by atoms with Gasteiger partial charge in [0, 0.05) is 5.69 Å². The third-order valence-electron chi connectivity index (χ3n) is 3.02. The van der Waals surface area contributed by atoms with Crippen LogP contribution in [0.1, 0.15) is 42.1 Å². The second-order valence-electron chi connectivity index (χ2n) is 3.87. The Balaban J connectivity index is 2.66. The first-order valence-electron chi connectivity index (χ1n) is 5.39. The number of aromatic nitrogens is 1. The normalized spacial score (nSPS) is 14.4. The topological polar surface area (TPSA) is 36.7 Å². The van der Waals surface area contributed by atoms with Gasteiger partial charge >= 0.3 is 0 Å². The van der Waals surface area contributed by atoms with Gasteiger partial charge in [-0.05, 0) is 43.2 Å². The maximum absolute atomic E-state index is 9.08. The van der Waals surface area contributed by atoms with Crippen LogP contribution in [0.4, 0.5) is 0 Å². The summed E-state index contributed by atoms with van der Waals surface area (Å²) in [6.07, 6.45) is 5.36. The Kier molecular flexibility index (Phi) is 2.88. The molecule has 0 radical (unpaired) electrons. The molecule has 0 N–H and O–H groups in total. The summed E-state index contributed by atoms with van der Waals surface area (Å²) >= 11 is 5.16. The van der Waals surface area contributed by atoms with Crippen LogP contribution in [0, 0.1) is 11.3 Å². The summed E-state index contributed by atoms with van der Waals surface area (Å²) in [5.74, 6) is 0. The van der Waals surface area contributed by atoms with E-state index in [1.807, 2.05) is 0 Å². The van der Waals surface area contributed by atoms with E-state index in [-0.39, 0.29) is 0 Å². The second kappa shape index (κ2) is 4.16. The summed E-state index contributed by atoms with van der Waals surface area (Å²) in [4.78, 5) is 4.37. The number of hydrogen-bond donors (Lipinski definition) is 0. The van der Waals surface area contributed by atoms with Gasteiger partial charge in [0.2, 0.25) is 0 Å². The van der Waals surface area contributed by atoms with Crippen molar-refractivity contribution in [2.24, 2.45) is 0 Å². The monoisotopic (exact) mass is 217 g/mol. The van der Waals surface area contributed by atoms with Gasteiger partial charge in [0.15, 0.2) is 0 Å². The molecule has 1 heterocycles. The van der Waals surface area contributed by atoms with Crippen molar-refractivity contribution >= 4 is 12.6 Å². The summed E-state index contributed by atoms with van der Waals surface area (Å²) in [5, 5.41) is 9.58. The molecule has 0 bridgehead atoms. The third-order valence-corrected chi connectivity index (χ3v) is 3.31. The third kappa shape index (κ3) is 1.70. The van der Waals surface area contributed by atoms with Gasteiger partial charge in [0.05, 0.1) is 11.6 Å². The molecule has 1 aromatic heterocycles. The van der Waals surface area contributed by atoms with E-state index in [9.17, 15) is 0 Å². The van der Waals surface area contributed by atoms with Crippen molar-refractivity contribution in [3.63, 3.8) is 0 Å². The van der Waals surface area contributed by atoms with E-state index < -0.39 is 0 Å². The number of aryl methyl sites for hydroxylation is 1. The first-order chi connectivity index (χ1) is 7.27. The molecule has 78 valence electrons. The average Bonchev–Trinajstić information content (AvgIpc) is 2.28. The fourth-order valence-corrected chi connectivity index (χ4v) is 2.56. The van der Waals surface area contributed by atoms with E-state index >= 15 is 0 Å². The highest BCUT2D eigenvalue weighted by Gasteiger charge is 2.17. The lowest BCUT2D eigenvalue weighted by atomic mass is 9.87. The van der Waals surface area contributed by atoms with Gasteiger partial charge in [-0.1, -0.05) is 11.9 Å². The van der Waals surface area contributed by atoms with Gasteiger partial charge in [-0.15, -0.1) is 0 Å². The summed E-state index contributed by atoms with van der Waals surface area (Å²) in [6.45, 7) is 2.10. The van der Waals surface area contributed by atoms with Crippen molar-refractivity contribution in [3.8, 4) is 6.07 Å². The summed E-state index contributed by atoms with van der Waals surface area (Å²) < 4.78 is 0. The van der Waals surface area contributed by atoms with E-state index in [1.54, 1.807) is 0 Å². The molecule has 0 unspecified atom stereocenters. The molecule has 2 nitrogen and oxygen atoms in total. The molecule has 0 atom stereocenters. The van der Waals surface area contributed by atoms with Crippen molar-refractivity contribution in [3.05, 3.63) is 22.4 Å². The maximum atomic E-state index is 9.08. The predicted molar refractivity (Wildman–Crippen MR) is 60.6 cm³/mol. The van der Waals surface area contributed by atoms with Gasteiger partial charge in [0.25, 0.3) is 0 Å². The molecule has 1 aliphatic carbocycles. The van der Waals surface area contributed by atoms with Crippen LogP contribution < -0.4 is 0 Å². The smallest absolute Gasteiger partial charge is 0.0994 e. The minimum Gasteiger partial charge on any atom is -0.759 e. The highest BCUT2D eigenvalue weighted by molar-refractivity contribution is 7.58. The quantitative estimate of drug-likeness (QED) is 0.677. The van der Waals surface area contributed by atoms with Crippen LogP contribution in [0.5, 0.6) is 0 Å². The molecule has 0 aromatic carbocycles. The SMILES string of the molecule is CCc1nc([S-])c(C#N)c2c1CCCC2. The Hall–Kier alpha value is -1.14. The van der Waals surface area contributed by atoms with Crippen LogP contribution >= 0.6 is 0 Å². The average molecular weight is 217 g/mol. The van der Waals surface area contributed by atoms with Crippen LogP contribution in [-0.2, 0) is 31.9 Å². The van der Waals surface area contributed by atoms with Gasteiger partial charge in [-0.25, -0.2) is 0 Å². The second-order valence-corrected chi connectivity index (χ2v) is 4.25. The molecule has 15 heavy (non-hydrogen) atoms. The summed E-state index contributed by atoms with van der Waals surface area (Å²) in [7, 11) is 0. The van der Waals surface area contributed by atoms with Crippen LogP contribution in [0.25, 0.3) is 0 Å². The predicted octanol–water partition coefficient (Wildman–Crippen LogP) is 2.30. The van der Waals surface area contributed by atoms with E-state index in [4.69, 9.17) is 17.9 Å². The molecule has 2 rings (SSSR count). The minimum absolute atomic E-state index is 0.495. The van der Waals surface area contributed by atoms with Crippen molar-refractivity contribution in [2.75, 3.05) is 0 Å². The molecule has 0 fully saturated rings.